The zero-order valence-electron chi connectivity index (χ0n) is 15.1. The first-order valence-corrected chi connectivity index (χ1v) is 8.71. The van der Waals surface area contributed by atoms with Crippen molar-refractivity contribution in [3.8, 4) is 11.3 Å². The zero-order valence-corrected chi connectivity index (χ0v) is 15.1. The molecule has 3 aromatic rings. The van der Waals surface area contributed by atoms with Gasteiger partial charge in [0.15, 0.2) is 0 Å². The van der Waals surface area contributed by atoms with Gasteiger partial charge in [0.2, 0.25) is 0 Å². The van der Waals surface area contributed by atoms with E-state index in [0.29, 0.717) is 25.3 Å². The maximum Gasteiger partial charge on any atom is 0.255 e. The second kappa shape index (κ2) is 7.24. The van der Waals surface area contributed by atoms with Gasteiger partial charge in [0.1, 0.15) is 11.9 Å². The highest BCUT2D eigenvalue weighted by Gasteiger charge is 2.27. The van der Waals surface area contributed by atoms with Crippen molar-refractivity contribution in [1.82, 2.24) is 25.2 Å². The number of nitrogens with zero attached hydrogens (tertiary/aromatic N) is 5. The van der Waals surface area contributed by atoms with E-state index in [1.165, 1.54) is 12.4 Å². The number of aromatic nitrogens is 4. The lowest BCUT2D eigenvalue weighted by molar-refractivity contribution is -0.0247. The fourth-order valence-corrected chi connectivity index (χ4v) is 3.23. The Morgan fingerprint density at radius 1 is 1.22 bits per heavy atom. The first kappa shape index (κ1) is 17.3. The van der Waals surface area contributed by atoms with Gasteiger partial charge in [-0.3, -0.25) is 4.79 Å². The summed E-state index contributed by atoms with van der Waals surface area (Å²) < 4.78 is 11.1. The van der Waals surface area contributed by atoms with E-state index in [1.54, 1.807) is 11.0 Å². The molecule has 3 aromatic heterocycles. The van der Waals surface area contributed by atoms with E-state index >= 15 is 0 Å². The van der Waals surface area contributed by atoms with Gasteiger partial charge in [-0.25, -0.2) is 4.98 Å². The van der Waals surface area contributed by atoms with Crippen molar-refractivity contribution >= 4 is 5.91 Å². The molecular weight excluding hydrogens is 346 g/mol. The lowest BCUT2D eigenvalue weighted by atomic mass is 10.1. The Balaban J connectivity index is 1.57. The lowest BCUT2D eigenvalue weighted by Gasteiger charge is -2.32. The SMILES string of the molecule is Cc1noc(C)c1-c1cccc([C@H]2CN(C(=O)c3ccnnc3)CCO2)n1. The van der Waals surface area contributed by atoms with Crippen molar-refractivity contribution in [1.29, 1.82) is 0 Å². The van der Waals surface area contributed by atoms with Crippen LogP contribution in [0.3, 0.4) is 0 Å². The summed E-state index contributed by atoms with van der Waals surface area (Å²) in [6, 6.07) is 7.43. The minimum absolute atomic E-state index is 0.0833. The molecule has 0 saturated carbocycles. The van der Waals surface area contributed by atoms with Crippen LogP contribution in [0.25, 0.3) is 11.3 Å². The third-order valence-corrected chi connectivity index (χ3v) is 4.57. The monoisotopic (exact) mass is 365 g/mol. The van der Waals surface area contributed by atoms with Crippen LogP contribution in [0.1, 0.15) is 33.6 Å². The topological polar surface area (TPSA) is 94.2 Å². The van der Waals surface area contributed by atoms with E-state index in [9.17, 15) is 4.79 Å². The molecule has 4 rings (SSSR count). The minimum atomic E-state index is -0.294. The molecular formula is C19H19N5O3. The molecule has 1 fully saturated rings. The molecule has 0 aliphatic carbocycles. The summed E-state index contributed by atoms with van der Waals surface area (Å²) in [5.74, 6) is 0.642. The third kappa shape index (κ3) is 3.43. The molecule has 1 saturated heterocycles. The maximum absolute atomic E-state index is 12.7. The van der Waals surface area contributed by atoms with Gasteiger partial charge in [0, 0.05) is 6.54 Å². The third-order valence-electron chi connectivity index (χ3n) is 4.57. The van der Waals surface area contributed by atoms with E-state index in [-0.39, 0.29) is 12.0 Å². The van der Waals surface area contributed by atoms with Crippen molar-refractivity contribution in [2.75, 3.05) is 19.7 Å². The van der Waals surface area contributed by atoms with Crippen LogP contribution in [0.2, 0.25) is 0 Å². The Bertz CT molecular complexity index is 937. The highest BCUT2D eigenvalue weighted by molar-refractivity contribution is 5.93. The molecule has 27 heavy (non-hydrogen) atoms. The summed E-state index contributed by atoms with van der Waals surface area (Å²) >= 11 is 0. The van der Waals surface area contributed by atoms with Gasteiger partial charge in [0.05, 0.1) is 53.8 Å². The number of amides is 1. The molecule has 0 aromatic carbocycles. The summed E-state index contributed by atoms with van der Waals surface area (Å²) in [7, 11) is 0. The molecule has 1 atom stereocenters. The Hall–Kier alpha value is -3.13. The number of carbonyl (C=O) groups is 1. The highest BCUT2D eigenvalue weighted by Crippen LogP contribution is 2.28. The number of carbonyl (C=O) groups excluding carboxylic acids is 1. The number of rotatable bonds is 3. The molecule has 1 amide bonds. The molecule has 4 heterocycles. The summed E-state index contributed by atoms with van der Waals surface area (Å²) in [6.07, 6.45) is 2.70. The quantitative estimate of drug-likeness (QED) is 0.703. The van der Waals surface area contributed by atoms with Gasteiger partial charge in [-0.1, -0.05) is 11.2 Å². The highest BCUT2D eigenvalue weighted by atomic mass is 16.5. The zero-order chi connectivity index (χ0) is 18.8. The summed E-state index contributed by atoms with van der Waals surface area (Å²) in [4.78, 5) is 19.2. The first-order valence-electron chi connectivity index (χ1n) is 8.71. The summed E-state index contributed by atoms with van der Waals surface area (Å²) in [5.41, 5.74) is 3.77. The average molecular weight is 365 g/mol. The van der Waals surface area contributed by atoms with Crippen LogP contribution in [-0.4, -0.2) is 50.8 Å². The Morgan fingerprint density at radius 2 is 2.11 bits per heavy atom. The summed E-state index contributed by atoms with van der Waals surface area (Å²) in [6.45, 7) is 5.16. The van der Waals surface area contributed by atoms with E-state index in [1.807, 2.05) is 32.0 Å². The van der Waals surface area contributed by atoms with Crippen molar-refractivity contribution in [2.45, 2.75) is 20.0 Å². The van der Waals surface area contributed by atoms with Crippen molar-refractivity contribution in [3.63, 3.8) is 0 Å². The molecule has 0 bridgehead atoms. The second-order valence-corrected chi connectivity index (χ2v) is 6.39. The number of aryl methyl sites for hydroxylation is 2. The first-order chi connectivity index (χ1) is 13.1. The number of ether oxygens (including phenoxy) is 1. The van der Waals surface area contributed by atoms with E-state index < -0.39 is 0 Å². The normalized spacial score (nSPS) is 17.1. The van der Waals surface area contributed by atoms with Gasteiger partial charge >= 0.3 is 0 Å². The Kier molecular flexibility index (Phi) is 4.64. The second-order valence-electron chi connectivity index (χ2n) is 6.39. The van der Waals surface area contributed by atoms with Crippen LogP contribution in [0, 0.1) is 13.8 Å². The van der Waals surface area contributed by atoms with Gasteiger partial charge in [-0.2, -0.15) is 10.2 Å². The molecule has 1 aliphatic heterocycles. The molecule has 1 aliphatic rings. The lowest BCUT2D eigenvalue weighted by Crippen LogP contribution is -2.42. The number of morpholine rings is 1. The van der Waals surface area contributed by atoms with Gasteiger partial charge in [-0.15, -0.1) is 0 Å². The van der Waals surface area contributed by atoms with Crippen LogP contribution in [-0.2, 0) is 4.74 Å². The van der Waals surface area contributed by atoms with Crippen LogP contribution in [0.5, 0.6) is 0 Å². The van der Waals surface area contributed by atoms with Crippen molar-refractivity contribution < 1.29 is 14.1 Å². The number of hydrogen-bond donors (Lipinski definition) is 0. The van der Waals surface area contributed by atoms with Crippen LogP contribution >= 0.6 is 0 Å². The smallest absolute Gasteiger partial charge is 0.255 e. The Morgan fingerprint density at radius 3 is 2.85 bits per heavy atom. The van der Waals surface area contributed by atoms with Crippen LogP contribution < -0.4 is 0 Å². The van der Waals surface area contributed by atoms with Gasteiger partial charge in [-0.05, 0) is 32.0 Å². The molecule has 8 heteroatoms. The van der Waals surface area contributed by atoms with Crippen molar-refractivity contribution in [3.05, 3.63) is 59.4 Å². The van der Waals surface area contributed by atoms with E-state index in [4.69, 9.17) is 14.2 Å². The molecule has 0 spiro atoms. The molecule has 0 unspecified atom stereocenters. The molecule has 138 valence electrons. The predicted octanol–water partition coefficient (Wildman–Crippen LogP) is 2.36. The fourth-order valence-electron chi connectivity index (χ4n) is 3.23. The van der Waals surface area contributed by atoms with E-state index in [2.05, 4.69) is 15.4 Å². The largest absolute Gasteiger partial charge is 0.368 e. The van der Waals surface area contributed by atoms with Gasteiger partial charge < -0.3 is 14.2 Å². The predicted molar refractivity (Wildman–Crippen MR) is 95.8 cm³/mol. The van der Waals surface area contributed by atoms with Crippen LogP contribution in [0.15, 0.2) is 41.2 Å². The Labute approximate surface area is 156 Å². The number of pyridine rings is 1. The average Bonchev–Trinajstić information content (AvgIpc) is 3.06. The maximum atomic E-state index is 12.7. The standard InChI is InChI=1S/C19H19N5O3/c1-12-18(13(2)27-23-12)16-5-3-4-15(22-16)17-11-24(8-9-26-17)19(25)14-6-7-20-21-10-14/h3-7,10,17H,8-9,11H2,1-2H3/t17-/m1/s1. The number of hydrogen-bond acceptors (Lipinski definition) is 7. The van der Waals surface area contributed by atoms with Crippen molar-refractivity contribution in [2.24, 2.45) is 0 Å². The molecule has 0 N–H and O–H groups in total. The van der Waals surface area contributed by atoms with Crippen LogP contribution in [0.4, 0.5) is 0 Å². The minimum Gasteiger partial charge on any atom is -0.368 e. The van der Waals surface area contributed by atoms with Gasteiger partial charge in [0.25, 0.3) is 5.91 Å². The fraction of sp³-hybridized carbons (Fsp3) is 0.316. The molecule has 8 nitrogen and oxygen atoms in total. The van der Waals surface area contributed by atoms with E-state index in [0.717, 1.165) is 28.4 Å². The summed E-state index contributed by atoms with van der Waals surface area (Å²) in [5, 5.41) is 11.5. The molecule has 0 radical (unpaired) electrons.